The minimum Gasteiger partial charge on any atom is -0.488 e. The van der Waals surface area contributed by atoms with Crippen LogP contribution in [0.3, 0.4) is 0 Å². The maximum atomic E-state index is 10.6. The monoisotopic (exact) mass is 268 g/mol. The maximum Gasteiger partial charge on any atom is 0.328 e. The lowest BCUT2D eigenvalue weighted by molar-refractivity contribution is -0.131. The van der Waals surface area contributed by atoms with E-state index < -0.39 is 5.97 Å². The van der Waals surface area contributed by atoms with Crippen LogP contribution in [0.25, 0.3) is 6.08 Å². The van der Waals surface area contributed by atoms with E-state index in [0.29, 0.717) is 12.4 Å². The minimum absolute atomic E-state index is 0.458. The van der Waals surface area contributed by atoms with Gasteiger partial charge in [0.05, 0.1) is 0 Å². The fraction of sp³-hybridized carbons (Fsp3) is 0.118. The van der Waals surface area contributed by atoms with Crippen LogP contribution in [-0.4, -0.2) is 11.1 Å². The number of benzene rings is 2. The highest BCUT2D eigenvalue weighted by atomic mass is 16.5. The molecule has 20 heavy (non-hydrogen) atoms. The third-order valence-corrected chi connectivity index (χ3v) is 2.87. The van der Waals surface area contributed by atoms with Crippen LogP contribution in [0.1, 0.15) is 16.7 Å². The van der Waals surface area contributed by atoms with Crippen LogP contribution in [0.5, 0.6) is 5.75 Å². The Morgan fingerprint density at radius 3 is 2.60 bits per heavy atom. The molecule has 0 aliphatic rings. The molecule has 0 fully saturated rings. The predicted molar refractivity (Wildman–Crippen MR) is 78.6 cm³/mol. The van der Waals surface area contributed by atoms with Gasteiger partial charge in [0.1, 0.15) is 12.4 Å². The van der Waals surface area contributed by atoms with Crippen LogP contribution in [0.2, 0.25) is 0 Å². The summed E-state index contributed by atoms with van der Waals surface area (Å²) in [6, 6.07) is 15.5. The second-order valence-electron chi connectivity index (χ2n) is 4.44. The van der Waals surface area contributed by atoms with Crippen molar-refractivity contribution in [3.63, 3.8) is 0 Å². The van der Waals surface area contributed by atoms with Gasteiger partial charge in [-0.1, -0.05) is 48.5 Å². The van der Waals surface area contributed by atoms with E-state index in [9.17, 15) is 4.79 Å². The summed E-state index contributed by atoms with van der Waals surface area (Å²) in [6.07, 6.45) is 2.67. The standard InChI is InChI=1S/C17H16O3/c1-13-6-5-9-15(10-11-16(18)19)17(13)20-12-14-7-3-2-4-8-14/h2-11H,12H2,1H3,(H,18,19)/b11-10+. The van der Waals surface area contributed by atoms with E-state index in [-0.39, 0.29) is 0 Å². The van der Waals surface area contributed by atoms with Crippen molar-refractivity contribution in [2.24, 2.45) is 0 Å². The molecule has 0 saturated carbocycles. The molecule has 0 spiro atoms. The molecule has 0 radical (unpaired) electrons. The smallest absolute Gasteiger partial charge is 0.328 e. The SMILES string of the molecule is Cc1cccc(/C=C/C(=O)O)c1OCc1ccccc1. The average Bonchev–Trinajstić information content (AvgIpc) is 2.45. The fourth-order valence-electron chi connectivity index (χ4n) is 1.89. The summed E-state index contributed by atoms with van der Waals surface area (Å²) in [5.74, 6) is -0.255. The lowest BCUT2D eigenvalue weighted by atomic mass is 10.1. The Kier molecular flexibility index (Phi) is 4.56. The third-order valence-electron chi connectivity index (χ3n) is 2.87. The van der Waals surface area contributed by atoms with Gasteiger partial charge in [-0.05, 0) is 24.1 Å². The van der Waals surface area contributed by atoms with Crippen molar-refractivity contribution in [3.8, 4) is 5.75 Å². The van der Waals surface area contributed by atoms with Crippen LogP contribution in [0.4, 0.5) is 0 Å². The van der Waals surface area contributed by atoms with Crippen LogP contribution in [0, 0.1) is 6.92 Å². The van der Waals surface area contributed by atoms with Crippen molar-refractivity contribution in [2.75, 3.05) is 0 Å². The molecule has 3 heteroatoms. The molecule has 0 unspecified atom stereocenters. The Morgan fingerprint density at radius 1 is 1.15 bits per heavy atom. The van der Waals surface area contributed by atoms with Gasteiger partial charge in [0.15, 0.2) is 0 Å². The molecule has 0 saturated heterocycles. The second kappa shape index (κ2) is 6.57. The van der Waals surface area contributed by atoms with E-state index in [0.717, 1.165) is 22.8 Å². The number of aryl methyl sites for hydroxylation is 1. The highest BCUT2D eigenvalue weighted by molar-refractivity contribution is 5.86. The molecule has 0 amide bonds. The van der Waals surface area contributed by atoms with E-state index in [1.807, 2.05) is 55.5 Å². The van der Waals surface area contributed by atoms with Crippen molar-refractivity contribution in [2.45, 2.75) is 13.5 Å². The molecule has 0 heterocycles. The number of para-hydroxylation sites is 1. The lowest BCUT2D eigenvalue weighted by Gasteiger charge is -2.12. The van der Waals surface area contributed by atoms with Gasteiger partial charge in [0, 0.05) is 11.6 Å². The van der Waals surface area contributed by atoms with Crippen molar-refractivity contribution in [1.29, 1.82) is 0 Å². The quantitative estimate of drug-likeness (QED) is 0.841. The first-order chi connectivity index (χ1) is 9.66. The molecule has 0 aliphatic carbocycles. The van der Waals surface area contributed by atoms with E-state index >= 15 is 0 Å². The Morgan fingerprint density at radius 2 is 1.90 bits per heavy atom. The summed E-state index contributed by atoms with van der Waals surface area (Å²) in [5, 5.41) is 8.72. The van der Waals surface area contributed by atoms with Crippen LogP contribution < -0.4 is 4.74 Å². The summed E-state index contributed by atoms with van der Waals surface area (Å²) < 4.78 is 5.84. The number of hydrogen-bond donors (Lipinski definition) is 1. The van der Waals surface area contributed by atoms with Crippen LogP contribution in [-0.2, 0) is 11.4 Å². The number of carboxylic acids is 1. The molecule has 1 N–H and O–H groups in total. The molecule has 102 valence electrons. The largest absolute Gasteiger partial charge is 0.488 e. The van der Waals surface area contributed by atoms with Crippen molar-refractivity contribution in [1.82, 2.24) is 0 Å². The van der Waals surface area contributed by atoms with Gasteiger partial charge in [0.25, 0.3) is 0 Å². The van der Waals surface area contributed by atoms with Crippen molar-refractivity contribution >= 4 is 12.0 Å². The topological polar surface area (TPSA) is 46.5 Å². The number of aliphatic carboxylic acids is 1. The highest BCUT2D eigenvalue weighted by Gasteiger charge is 2.05. The normalized spacial score (nSPS) is 10.7. The Bertz CT molecular complexity index is 615. The van der Waals surface area contributed by atoms with E-state index in [1.54, 1.807) is 6.08 Å². The summed E-state index contributed by atoms with van der Waals surface area (Å²) >= 11 is 0. The first kappa shape index (κ1) is 13.9. The van der Waals surface area contributed by atoms with Gasteiger partial charge in [-0.3, -0.25) is 0 Å². The number of carbonyl (C=O) groups is 1. The molecular formula is C17H16O3. The molecular weight excluding hydrogens is 252 g/mol. The molecule has 2 rings (SSSR count). The van der Waals surface area contributed by atoms with Crippen molar-refractivity contribution in [3.05, 3.63) is 71.3 Å². The Hall–Kier alpha value is -2.55. The van der Waals surface area contributed by atoms with Gasteiger partial charge in [0.2, 0.25) is 0 Å². The second-order valence-corrected chi connectivity index (χ2v) is 4.44. The first-order valence-electron chi connectivity index (χ1n) is 6.34. The zero-order valence-corrected chi connectivity index (χ0v) is 11.2. The zero-order chi connectivity index (χ0) is 14.4. The average molecular weight is 268 g/mol. The van der Waals surface area contributed by atoms with Gasteiger partial charge in [-0.15, -0.1) is 0 Å². The van der Waals surface area contributed by atoms with Crippen molar-refractivity contribution < 1.29 is 14.6 Å². The van der Waals surface area contributed by atoms with Crippen LogP contribution >= 0.6 is 0 Å². The first-order valence-corrected chi connectivity index (χ1v) is 6.34. The third kappa shape index (κ3) is 3.72. The maximum absolute atomic E-state index is 10.6. The summed E-state index contributed by atoms with van der Waals surface area (Å²) in [5.41, 5.74) is 2.82. The van der Waals surface area contributed by atoms with Gasteiger partial charge in [-0.2, -0.15) is 0 Å². The summed E-state index contributed by atoms with van der Waals surface area (Å²) in [4.78, 5) is 10.6. The number of ether oxygens (including phenoxy) is 1. The molecule has 0 aliphatic heterocycles. The van der Waals surface area contributed by atoms with Gasteiger partial charge in [-0.25, -0.2) is 4.79 Å². The van der Waals surface area contributed by atoms with Gasteiger partial charge < -0.3 is 9.84 Å². The molecule has 0 bridgehead atoms. The Balaban J connectivity index is 2.19. The van der Waals surface area contributed by atoms with Crippen LogP contribution in [0.15, 0.2) is 54.6 Å². The number of carboxylic acid groups (broad SMARTS) is 1. The summed E-state index contributed by atoms with van der Waals surface area (Å²) in [6.45, 7) is 2.40. The zero-order valence-electron chi connectivity index (χ0n) is 11.2. The number of rotatable bonds is 5. The summed E-state index contributed by atoms with van der Waals surface area (Å²) in [7, 11) is 0. The molecule has 2 aromatic carbocycles. The lowest BCUT2D eigenvalue weighted by Crippen LogP contribution is -1.99. The minimum atomic E-state index is -0.972. The highest BCUT2D eigenvalue weighted by Crippen LogP contribution is 2.25. The fourth-order valence-corrected chi connectivity index (χ4v) is 1.89. The van der Waals surface area contributed by atoms with E-state index in [1.165, 1.54) is 0 Å². The Labute approximate surface area is 118 Å². The number of hydrogen-bond acceptors (Lipinski definition) is 2. The molecule has 2 aromatic rings. The molecule has 3 nitrogen and oxygen atoms in total. The van der Waals surface area contributed by atoms with E-state index in [4.69, 9.17) is 9.84 Å². The molecule has 0 aromatic heterocycles. The van der Waals surface area contributed by atoms with Gasteiger partial charge >= 0.3 is 5.97 Å². The molecule has 0 atom stereocenters. The van der Waals surface area contributed by atoms with E-state index in [2.05, 4.69) is 0 Å². The predicted octanol–water partition coefficient (Wildman–Crippen LogP) is 3.67.